The second-order valence-corrected chi connectivity index (χ2v) is 5.09. The Labute approximate surface area is 131 Å². The van der Waals surface area contributed by atoms with Crippen molar-refractivity contribution < 1.29 is 4.79 Å². The van der Waals surface area contributed by atoms with Gasteiger partial charge in [0.2, 0.25) is 5.91 Å². The molecule has 0 fully saturated rings. The van der Waals surface area contributed by atoms with E-state index >= 15 is 0 Å². The summed E-state index contributed by atoms with van der Waals surface area (Å²) in [7, 11) is 0. The second-order valence-electron chi connectivity index (χ2n) is 4.68. The summed E-state index contributed by atoms with van der Waals surface area (Å²) < 4.78 is 0. The summed E-state index contributed by atoms with van der Waals surface area (Å²) >= 11 is 6.08. The first-order valence-corrected chi connectivity index (χ1v) is 7.23. The van der Waals surface area contributed by atoms with Crippen molar-refractivity contribution in [2.75, 3.05) is 24.1 Å². The van der Waals surface area contributed by atoms with E-state index in [-0.39, 0.29) is 11.9 Å². The summed E-state index contributed by atoms with van der Waals surface area (Å²) in [6.07, 6.45) is 4.23. The van der Waals surface area contributed by atoms with E-state index in [0.29, 0.717) is 35.9 Å². The standard InChI is InChI=1S/C16H22ClN3O/c1-4-9-20(10-5-2)15(6-3)16(21)19-14-8-7-12(18)11-13(14)17/h4-5,7-8,11,15H,1-2,6,9-10,18H2,3H3,(H,19,21). The fourth-order valence-electron chi connectivity index (χ4n) is 2.12. The first-order valence-electron chi connectivity index (χ1n) is 6.85. The normalized spacial score (nSPS) is 12.0. The molecule has 1 unspecified atom stereocenters. The van der Waals surface area contributed by atoms with Crippen molar-refractivity contribution in [3.05, 3.63) is 48.5 Å². The van der Waals surface area contributed by atoms with Crippen LogP contribution in [0.4, 0.5) is 11.4 Å². The quantitative estimate of drug-likeness (QED) is 0.572. The van der Waals surface area contributed by atoms with Crippen LogP contribution in [-0.2, 0) is 4.79 Å². The minimum atomic E-state index is -0.269. The zero-order valence-electron chi connectivity index (χ0n) is 12.3. The lowest BCUT2D eigenvalue weighted by Gasteiger charge is -2.28. The van der Waals surface area contributed by atoms with Gasteiger partial charge in [0.05, 0.1) is 16.8 Å². The van der Waals surface area contributed by atoms with Crippen molar-refractivity contribution >= 4 is 28.9 Å². The Bertz CT molecular complexity index is 506. The summed E-state index contributed by atoms with van der Waals surface area (Å²) in [5.74, 6) is -0.104. The van der Waals surface area contributed by atoms with Gasteiger partial charge in [0.25, 0.3) is 0 Å². The molecule has 0 aliphatic carbocycles. The van der Waals surface area contributed by atoms with Crippen LogP contribution in [0.25, 0.3) is 0 Å². The molecule has 0 aromatic heterocycles. The SMILES string of the molecule is C=CCN(CC=C)C(CC)C(=O)Nc1ccc(N)cc1Cl. The molecule has 1 aromatic carbocycles. The van der Waals surface area contributed by atoms with E-state index in [4.69, 9.17) is 17.3 Å². The van der Waals surface area contributed by atoms with Crippen LogP contribution in [0.5, 0.6) is 0 Å². The number of anilines is 2. The molecule has 0 spiro atoms. The molecule has 0 aliphatic rings. The molecular formula is C16H22ClN3O. The van der Waals surface area contributed by atoms with Gasteiger partial charge in [-0.05, 0) is 24.6 Å². The average molecular weight is 308 g/mol. The van der Waals surface area contributed by atoms with E-state index in [1.54, 1.807) is 30.4 Å². The first kappa shape index (κ1) is 17.3. The van der Waals surface area contributed by atoms with Crippen molar-refractivity contribution in [2.45, 2.75) is 19.4 Å². The van der Waals surface area contributed by atoms with Crippen molar-refractivity contribution in [2.24, 2.45) is 0 Å². The number of amides is 1. The molecule has 0 aliphatic heterocycles. The Hall–Kier alpha value is -1.78. The topological polar surface area (TPSA) is 58.4 Å². The summed E-state index contributed by atoms with van der Waals surface area (Å²) in [6.45, 7) is 10.7. The molecule has 21 heavy (non-hydrogen) atoms. The molecule has 1 amide bonds. The Morgan fingerprint density at radius 2 is 2.05 bits per heavy atom. The number of halogens is 1. The van der Waals surface area contributed by atoms with Crippen LogP contribution in [0.3, 0.4) is 0 Å². The van der Waals surface area contributed by atoms with Crippen LogP contribution >= 0.6 is 11.6 Å². The predicted molar refractivity (Wildman–Crippen MR) is 90.5 cm³/mol. The smallest absolute Gasteiger partial charge is 0.241 e. The minimum Gasteiger partial charge on any atom is -0.399 e. The second kappa shape index (κ2) is 8.49. The number of nitrogens with one attached hydrogen (secondary N) is 1. The molecule has 0 radical (unpaired) electrons. The third-order valence-corrected chi connectivity index (χ3v) is 3.42. The van der Waals surface area contributed by atoms with E-state index in [0.717, 1.165) is 0 Å². The highest BCUT2D eigenvalue weighted by Gasteiger charge is 2.23. The van der Waals surface area contributed by atoms with E-state index in [2.05, 4.69) is 18.5 Å². The maximum Gasteiger partial charge on any atom is 0.241 e. The lowest BCUT2D eigenvalue weighted by Crippen LogP contribution is -2.44. The highest BCUT2D eigenvalue weighted by Crippen LogP contribution is 2.24. The molecule has 4 nitrogen and oxygen atoms in total. The number of nitrogen functional groups attached to an aromatic ring is 1. The third-order valence-electron chi connectivity index (χ3n) is 3.11. The number of nitrogens with two attached hydrogens (primary N) is 1. The number of hydrogen-bond donors (Lipinski definition) is 2. The molecule has 3 N–H and O–H groups in total. The van der Waals surface area contributed by atoms with Gasteiger partial charge in [-0.1, -0.05) is 30.7 Å². The third kappa shape index (κ3) is 4.92. The Morgan fingerprint density at radius 3 is 2.52 bits per heavy atom. The van der Waals surface area contributed by atoms with Gasteiger partial charge in [-0.3, -0.25) is 9.69 Å². The van der Waals surface area contributed by atoms with Crippen LogP contribution in [0.1, 0.15) is 13.3 Å². The number of rotatable bonds is 8. The monoisotopic (exact) mass is 307 g/mol. The van der Waals surface area contributed by atoms with Crippen molar-refractivity contribution in [1.29, 1.82) is 0 Å². The summed E-state index contributed by atoms with van der Waals surface area (Å²) in [5.41, 5.74) is 6.77. The fraction of sp³-hybridized carbons (Fsp3) is 0.312. The minimum absolute atomic E-state index is 0.104. The molecule has 0 heterocycles. The van der Waals surface area contributed by atoms with Gasteiger partial charge < -0.3 is 11.1 Å². The van der Waals surface area contributed by atoms with E-state index in [9.17, 15) is 4.79 Å². The number of nitrogens with zero attached hydrogens (tertiary/aromatic N) is 1. The van der Waals surface area contributed by atoms with Gasteiger partial charge in [0.1, 0.15) is 0 Å². The molecule has 1 rings (SSSR count). The van der Waals surface area contributed by atoms with Crippen LogP contribution in [0.2, 0.25) is 5.02 Å². The molecule has 1 aromatic rings. The molecule has 1 atom stereocenters. The maximum atomic E-state index is 12.5. The average Bonchev–Trinajstić information content (AvgIpc) is 2.43. The van der Waals surface area contributed by atoms with Gasteiger partial charge in [0.15, 0.2) is 0 Å². The Balaban J connectivity index is 2.86. The fourth-order valence-corrected chi connectivity index (χ4v) is 2.36. The molecule has 5 heteroatoms. The van der Waals surface area contributed by atoms with Gasteiger partial charge >= 0.3 is 0 Å². The van der Waals surface area contributed by atoms with E-state index in [1.165, 1.54) is 0 Å². The van der Waals surface area contributed by atoms with E-state index in [1.807, 2.05) is 11.8 Å². The molecular weight excluding hydrogens is 286 g/mol. The number of carbonyl (C=O) groups is 1. The lowest BCUT2D eigenvalue weighted by atomic mass is 10.1. The Kier molecular flexibility index (Phi) is 6.99. The zero-order chi connectivity index (χ0) is 15.8. The maximum absolute atomic E-state index is 12.5. The van der Waals surface area contributed by atoms with Gasteiger partial charge in [-0.25, -0.2) is 0 Å². The predicted octanol–water partition coefficient (Wildman–Crippen LogP) is 3.31. The number of carbonyl (C=O) groups excluding carboxylic acids is 1. The summed E-state index contributed by atoms with van der Waals surface area (Å²) in [4.78, 5) is 14.5. The van der Waals surface area contributed by atoms with Crippen LogP contribution in [0.15, 0.2) is 43.5 Å². The van der Waals surface area contributed by atoms with Crippen LogP contribution < -0.4 is 11.1 Å². The lowest BCUT2D eigenvalue weighted by molar-refractivity contribution is -0.121. The summed E-state index contributed by atoms with van der Waals surface area (Å²) in [6, 6.07) is 4.75. The van der Waals surface area contributed by atoms with Crippen molar-refractivity contribution in [3.8, 4) is 0 Å². The van der Waals surface area contributed by atoms with Crippen LogP contribution in [-0.4, -0.2) is 29.9 Å². The molecule has 0 saturated heterocycles. The van der Waals surface area contributed by atoms with Gasteiger partial charge in [-0.2, -0.15) is 0 Å². The van der Waals surface area contributed by atoms with Crippen LogP contribution in [0, 0.1) is 0 Å². The van der Waals surface area contributed by atoms with E-state index < -0.39 is 0 Å². The van der Waals surface area contributed by atoms with Crippen molar-refractivity contribution in [3.63, 3.8) is 0 Å². The summed E-state index contributed by atoms with van der Waals surface area (Å²) in [5, 5.41) is 3.28. The number of benzene rings is 1. The van der Waals surface area contributed by atoms with Crippen molar-refractivity contribution in [1.82, 2.24) is 4.90 Å². The molecule has 0 saturated carbocycles. The van der Waals surface area contributed by atoms with Gasteiger partial charge in [-0.15, -0.1) is 13.2 Å². The molecule has 114 valence electrons. The highest BCUT2D eigenvalue weighted by molar-refractivity contribution is 6.34. The first-order chi connectivity index (χ1) is 10.0. The van der Waals surface area contributed by atoms with Gasteiger partial charge in [0, 0.05) is 18.8 Å². The Morgan fingerprint density at radius 1 is 1.43 bits per heavy atom. The number of hydrogen-bond acceptors (Lipinski definition) is 3. The molecule has 0 bridgehead atoms. The largest absolute Gasteiger partial charge is 0.399 e. The zero-order valence-corrected chi connectivity index (χ0v) is 13.1. The highest BCUT2D eigenvalue weighted by atomic mass is 35.5.